The molecular formula is C22H29N3O. The van der Waals surface area contributed by atoms with Gasteiger partial charge in [-0.05, 0) is 49.3 Å². The number of carbonyl (C=O) groups is 1. The van der Waals surface area contributed by atoms with Gasteiger partial charge in [0, 0.05) is 49.4 Å². The van der Waals surface area contributed by atoms with Crippen LogP contribution in [0, 0.1) is 11.8 Å². The molecule has 1 aromatic heterocycles. The van der Waals surface area contributed by atoms with Gasteiger partial charge in [-0.15, -0.1) is 0 Å². The summed E-state index contributed by atoms with van der Waals surface area (Å²) in [5.74, 6) is 1.60. The lowest BCUT2D eigenvalue weighted by Gasteiger charge is -2.34. The van der Waals surface area contributed by atoms with Crippen LogP contribution >= 0.6 is 0 Å². The molecule has 2 aliphatic rings. The number of rotatable bonds is 4. The fourth-order valence-electron chi connectivity index (χ4n) is 4.20. The Bertz CT molecular complexity index is 779. The van der Waals surface area contributed by atoms with Crippen LogP contribution in [0.1, 0.15) is 43.5 Å². The van der Waals surface area contributed by atoms with Gasteiger partial charge in [-0.2, -0.15) is 0 Å². The molecule has 0 radical (unpaired) electrons. The Balaban J connectivity index is 1.58. The van der Waals surface area contributed by atoms with Crippen molar-refractivity contribution in [3.05, 3.63) is 42.1 Å². The maximum Gasteiger partial charge on any atom is 0.254 e. The minimum absolute atomic E-state index is 0.155. The Hall–Kier alpha value is -1.94. The number of aromatic nitrogens is 1. The molecule has 1 saturated carbocycles. The van der Waals surface area contributed by atoms with E-state index in [0.717, 1.165) is 48.4 Å². The molecule has 4 rings (SSSR count). The van der Waals surface area contributed by atoms with E-state index in [0.29, 0.717) is 12.0 Å². The molecule has 26 heavy (non-hydrogen) atoms. The summed E-state index contributed by atoms with van der Waals surface area (Å²) in [6, 6.07) is 10.2. The predicted octanol–water partition coefficient (Wildman–Crippen LogP) is 3.82. The van der Waals surface area contributed by atoms with E-state index in [2.05, 4.69) is 28.6 Å². The van der Waals surface area contributed by atoms with Crippen molar-refractivity contribution in [2.45, 2.75) is 39.2 Å². The Morgan fingerprint density at radius 1 is 1.19 bits per heavy atom. The summed E-state index contributed by atoms with van der Waals surface area (Å²) >= 11 is 0. The smallest absolute Gasteiger partial charge is 0.254 e. The molecule has 0 bridgehead atoms. The third-order valence-electron chi connectivity index (χ3n) is 5.87. The zero-order chi connectivity index (χ0) is 18.1. The minimum Gasteiger partial charge on any atom is -0.337 e. The average molecular weight is 351 g/mol. The third kappa shape index (κ3) is 3.61. The first-order chi connectivity index (χ1) is 12.6. The van der Waals surface area contributed by atoms with Gasteiger partial charge < -0.3 is 4.90 Å². The summed E-state index contributed by atoms with van der Waals surface area (Å²) < 4.78 is 0. The molecule has 1 aromatic carbocycles. The van der Waals surface area contributed by atoms with Crippen molar-refractivity contribution in [2.75, 3.05) is 26.2 Å². The summed E-state index contributed by atoms with van der Waals surface area (Å²) in [5, 5.41) is 0.959. The molecule has 1 atom stereocenters. The lowest BCUT2D eigenvalue weighted by Crippen LogP contribution is -2.46. The fraction of sp³-hybridized carbons (Fsp3) is 0.545. The number of amides is 1. The van der Waals surface area contributed by atoms with E-state index in [9.17, 15) is 4.79 Å². The van der Waals surface area contributed by atoms with Crippen molar-refractivity contribution >= 4 is 16.8 Å². The molecular weight excluding hydrogens is 322 g/mol. The van der Waals surface area contributed by atoms with Crippen molar-refractivity contribution in [3.8, 4) is 0 Å². The molecule has 0 unspecified atom stereocenters. The highest BCUT2D eigenvalue weighted by Crippen LogP contribution is 2.32. The van der Waals surface area contributed by atoms with Crippen molar-refractivity contribution in [1.29, 1.82) is 0 Å². The largest absolute Gasteiger partial charge is 0.337 e. The number of hydrogen-bond acceptors (Lipinski definition) is 3. The van der Waals surface area contributed by atoms with E-state index < -0.39 is 0 Å². The minimum atomic E-state index is 0.155. The second-order valence-corrected chi connectivity index (χ2v) is 8.23. The van der Waals surface area contributed by atoms with Crippen molar-refractivity contribution in [2.24, 2.45) is 11.8 Å². The predicted molar refractivity (Wildman–Crippen MR) is 105 cm³/mol. The molecule has 138 valence electrons. The SMILES string of the molecule is CC(C)[C@@H]1CN(C(=O)c2cccc3ncccc23)CCCN1CC1CC1. The topological polar surface area (TPSA) is 36.4 Å². The zero-order valence-electron chi connectivity index (χ0n) is 15.9. The molecule has 1 amide bonds. The molecule has 1 saturated heterocycles. The van der Waals surface area contributed by atoms with Gasteiger partial charge in [-0.1, -0.05) is 26.0 Å². The Kier molecular flexibility index (Phi) is 4.94. The number of pyridine rings is 1. The Morgan fingerprint density at radius 3 is 2.81 bits per heavy atom. The van der Waals surface area contributed by atoms with E-state index in [1.165, 1.54) is 19.4 Å². The van der Waals surface area contributed by atoms with E-state index in [-0.39, 0.29) is 5.91 Å². The maximum absolute atomic E-state index is 13.4. The van der Waals surface area contributed by atoms with Gasteiger partial charge in [0.1, 0.15) is 0 Å². The molecule has 2 heterocycles. The van der Waals surface area contributed by atoms with Crippen LogP contribution in [-0.4, -0.2) is 52.9 Å². The molecule has 0 spiro atoms. The normalized spacial score (nSPS) is 22.0. The van der Waals surface area contributed by atoms with E-state index in [4.69, 9.17) is 0 Å². The second-order valence-electron chi connectivity index (χ2n) is 8.23. The van der Waals surface area contributed by atoms with Crippen LogP contribution in [0.3, 0.4) is 0 Å². The van der Waals surface area contributed by atoms with E-state index in [1.807, 2.05) is 30.3 Å². The third-order valence-corrected chi connectivity index (χ3v) is 5.87. The van der Waals surface area contributed by atoms with Gasteiger partial charge in [0.2, 0.25) is 0 Å². The summed E-state index contributed by atoms with van der Waals surface area (Å²) in [7, 11) is 0. The molecule has 1 aliphatic heterocycles. The lowest BCUT2D eigenvalue weighted by molar-refractivity contribution is 0.0706. The van der Waals surface area contributed by atoms with Crippen LogP contribution in [0.4, 0.5) is 0 Å². The highest BCUT2D eigenvalue weighted by Gasteiger charge is 2.33. The molecule has 1 aliphatic carbocycles. The van der Waals surface area contributed by atoms with Gasteiger partial charge in [-0.3, -0.25) is 14.7 Å². The van der Waals surface area contributed by atoms with Gasteiger partial charge >= 0.3 is 0 Å². The number of nitrogens with zero attached hydrogens (tertiary/aromatic N) is 3. The summed E-state index contributed by atoms with van der Waals surface area (Å²) in [4.78, 5) is 22.5. The van der Waals surface area contributed by atoms with Gasteiger partial charge in [0.05, 0.1) is 5.52 Å². The summed E-state index contributed by atoms with van der Waals surface area (Å²) in [6.07, 6.45) is 5.61. The number of hydrogen-bond donors (Lipinski definition) is 0. The first-order valence-electron chi connectivity index (χ1n) is 10.0. The zero-order valence-corrected chi connectivity index (χ0v) is 15.9. The van der Waals surface area contributed by atoms with E-state index in [1.54, 1.807) is 6.20 Å². The number of carbonyl (C=O) groups excluding carboxylic acids is 1. The second kappa shape index (κ2) is 7.36. The van der Waals surface area contributed by atoms with Crippen LogP contribution in [0.25, 0.3) is 10.9 Å². The molecule has 4 nitrogen and oxygen atoms in total. The molecule has 2 fully saturated rings. The Morgan fingerprint density at radius 2 is 2.04 bits per heavy atom. The van der Waals surface area contributed by atoms with Crippen LogP contribution < -0.4 is 0 Å². The van der Waals surface area contributed by atoms with E-state index >= 15 is 0 Å². The van der Waals surface area contributed by atoms with Gasteiger partial charge in [0.25, 0.3) is 5.91 Å². The first-order valence-corrected chi connectivity index (χ1v) is 10.0. The molecule has 0 N–H and O–H groups in total. The summed E-state index contributed by atoms with van der Waals surface area (Å²) in [5.41, 5.74) is 1.68. The maximum atomic E-state index is 13.4. The first kappa shape index (κ1) is 17.5. The van der Waals surface area contributed by atoms with Crippen molar-refractivity contribution in [1.82, 2.24) is 14.8 Å². The van der Waals surface area contributed by atoms with Gasteiger partial charge in [-0.25, -0.2) is 0 Å². The average Bonchev–Trinajstić information content (AvgIpc) is 3.48. The summed E-state index contributed by atoms with van der Waals surface area (Å²) in [6.45, 7) is 8.59. The van der Waals surface area contributed by atoms with Crippen LogP contribution in [0.2, 0.25) is 0 Å². The van der Waals surface area contributed by atoms with Crippen LogP contribution in [-0.2, 0) is 0 Å². The quantitative estimate of drug-likeness (QED) is 0.840. The standard InChI is InChI=1S/C22H29N3O/c1-16(2)21-15-25(13-5-12-24(21)14-17-9-10-17)22(26)19-6-3-8-20-18(19)7-4-11-23-20/h3-4,6-8,11,16-17,21H,5,9-10,12-15H2,1-2H3/t21-/m0/s1. The van der Waals surface area contributed by atoms with Crippen molar-refractivity contribution in [3.63, 3.8) is 0 Å². The van der Waals surface area contributed by atoms with Gasteiger partial charge in [0.15, 0.2) is 0 Å². The monoisotopic (exact) mass is 351 g/mol. The molecule has 4 heteroatoms. The molecule has 2 aromatic rings. The number of fused-ring (bicyclic) bond motifs is 1. The van der Waals surface area contributed by atoms with Crippen molar-refractivity contribution < 1.29 is 4.79 Å². The highest BCUT2D eigenvalue weighted by atomic mass is 16.2. The van der Waals surface area contributed by atoms with Crippen LogP contribution in [0.15, 0.2) is 36.5 Å². The number of benzene rings is 1. The highest BCUT2D eigenvalue weighted by molar-refractivity contribution is 6.06. The van der Waals surface area contributed by atoms with Crippen LogP contribution in [0.5, 0.6) is 0 Å². The lowest BCUT2D eigenvalue weighted by atomic mass is 10.0. The fourth-order valence-corrected chi connectivity index (χ4v) is 4.20. The Labute approximate surface area is 156 Å².